The van der Waals surface area contributed by atoms with E-state index in [2.05, 4.69) is 85.0 Å². The van der Waals surface area contributed by atoms with Gasteiger partial charge in [0.25, 0.3) is 0 Å². The first-order chi connectivity index (χ1) is 9.02. The van der Waals surface area contributed by atoms with Gasteiger partial charge >= 0.3 is 0 Å². The molecule has 0 radical (unpaired) electrons. The van der Waals surface area contributed by atoms with E-state index >= 15 is 0 Å². The largest absolute Gasteiger partial charge is 0.496 e. The lowest BCUT2D eigenvalue weighted by Crippen LogP contribution is -1.95. The Morgan fingerprint density at radius 1 is 1.00 bits per heavy atom. The first-order valence-corrected chi connectivity index (χ1v) is 8.26. The fourth-order valence-electron chi connectivity index (χ4n) is 1.86. The van der Waals surface area contributed by atoms with Gasteiger partial charge in [-0.2, -0.15) is 0 Å². The number of hydrogen-bond acceptors (Lipinski definition) is 1. The molecule has 0 fully saturated rings. The molecule has 19 heavy (non-hydrogen) atoms. The summed E-state index contributed by atoms with van der Waals surface area (Å²) in [4.78, 5) is 0.143. The number of halogens is 3. The SMILES string of the molecule is COc1ccc(C(Br)c2ccc(C)cc2Br)cc1Br. The zero-order chi connectivity index (χ0) is 14.0. The van der Waals surface area contributed by atoms with Crippen molar-refractivity contribution in [2.45, 2.75) is 11.8 Å². The van der Waals surface area contributed by atoms with E-state index in [4.69, 9.17) is 4.74 Å². The fourth-order valence-corrected chi connectivity index (χ4v) is 4.13. The molecular weight excluding hydrogens is 436 g/mol. The number of hydrogen-bond donors (Lipinski definition) is 0. The molecule has 0 saturated carbocycles. The molecule has 0 aromatic heterocycles. The maximum atomic E-state index is 5.25. The highest BCUT2D eigenvalue weighted by Gasteiger charge is 2.15. The fraction of sp³-hybridized carbons (Fsp3) is 0.200. The van der Waals surface area contributed by atoms with Crippen molar-refractivity contribution < 1.29 is 4.74 Å². The minimum absolute atomic E-state index is 0.143. The van der Waals surface area contributed by atoms with Crippen LogP contribution in [0.1, 0.15) is 21.5 Å². The molecule has 2 aromatic carbocycles. The summed E-state index contributed by atoms with van der Waals surface area (Å²) in [7, 11) is 1.67. The average Bonchev–Trinajstić information content (AvgIpc) is 2.38. The first-order valence-electron chi connectivity index (χ1n) is 5.76. The highest BCUT2D eigenvalue weighted by atomic mass is 79.9. The van der Waals surface area contributed by atoms with Crippen LogP contribution in [-0.4, -0.2) is 7.11 Å². The average molecular weight is 449 g/mol. The van der Waals surface area contributed by atoms with Crippen LogP contribution in [0.25, 0.3) is 0 Å². The van der Waals surface area contributed by atoms with Gasteiger partial charge in [0.15, 0.2) is 0 Å². The Kier molecular flexibility index (Phi) is 5.09. The summed E-state index contributed by atoms with van der Waals surface area (Å²) in [6.45, 7) is 2.09. The van der Waals surface area contributed by atoms with Crippen LogP contribution in [0.4, 0.5) is 0 Å². The van der Waals surface area contributed by atoms with E-state index in [-0.39, 0.29) is 4.83 Å². The molecule has 0 aliphatic rings. The van der Waals surface area contributed by atoms with Crippen molar-refractivity contribution in [3.63, 3.8) is 0 Å². The number of alkyl halides is 1. The van der Waals surface area contributed by atoms with Crippen molar-refractivity contribution in [3.8, 4) is 5.75 Å². The van der Waals surface area contributed by atoms with Crippen molar-refractivity contribution in [2.75, 3.05) is 7.11 Å². The Balaban J connectivity index is 2.38. The minimum atomic E-state index is 0.143. The van der Waals surface area contributed by atoms with Gasteiger partial charge in [0, 0.05) is 4.47 Å². The lowest BCUT2D eigenvalue weighted by Gasteiger charge is -2.14. The Morgan fingerprint density at radius 3 is 2.32 bits per heavy atom. The molecule has 0 amide bonds. The van der Waals surface area contributed by atoms with Gasteiger partial charge in [-0.1, -0.05) is 50.1 Å². The number of aryl methyl sites for hydroxylation is 1. The molecular formula is C15H13Br3O. The Morgan fingerprint density at radius 2 is 1.74 bits per heavy atom. The van der Waals surface area contributed by atoms with Crippen molar-refractivity contribution in [1.82, 2.24) is 0 Å². The predicted octanol–water partition coefficient (Wildman–Crippen LogP) is 6.01. The monoisotopic (exact) mass is 446 g/mol. The number of ether oxygens (including phenoxy) is 1. The van der Waals surface area contributed by atoms with Crippen molar-refractivity contribution >= 4 is 47.8 Å². The van der Waals surface area contributed by atoms with E-state index in [0.717, 1.165) is 14.7 Å². The summed E-state index contributed by atoms with van der Waals surface area (Å²) in [6, 6.07) is 12.5. The van der Waals surface area contributed by atoms with E-state index in [1.54, 1.807) is 7.11 Å². The summed E-state index contributed by atoms with van der Waals surface area (Å²) < 4.78 is 7.32. The van der Waals surface area contributed by atoms with Crippen LogP contribution in [0.3, 0.4) is 0 Å². The topological polar surface area (TPSA) is 9.23 Å². The molecule has 4 heteroatoms. The third-order valence-electron chi connectivity index (χ3n) is 2.90. The van der Waals surface area contributed by atoms with E-state index in [0.29, 0.717) is 0 Å². The number of rotatable bonds is 3. The lowest BCUT2D eigenvalue weighted by atomic mass is 10.0. The van der Waals surface area contributed by atoms with Crippen LogP contribution in [-0.2, 0) is 0 Å². The van der Waals surface area contributed by atoms with E-state index in [9.17, 15) is 0 Å². The van der Waals surface area contributed by atoms with E-state index in [1.807, 2.05) is 6.07 Å². The second-order valence-corrected chi connectivity index (χ2v) is 6.91. The zero-order valence-corrected chi connectivity index (χ0v) is 15.3. The Labute approximate surface area is 138 Å². The van der Waals surface area contributed by atoms with Gasteiger partial charge in [-0.25, -0.2) is 0 Å². The number of methoxy groups -OCH3 is 1. The van der Waals surface area contributed by atoms with Gasteiger partial charge in [-0.3, -0.25) is 0 Å². The van der Waals surface area contributed by atoms with Gasteiger partial charge in [-0.05, 0) is 57.7 Å². The summed E-state index contributed by atoms with van der Waals surface area (Å²) in [5, 5.41) is 0. The third kappa shape index (κ3) is 3.41. The molecule has 2 rings (SSSR count). The molecule has 0 N–H and O–H groups in total. The van der Waals surface area contributed by atoms with E-state index in [1.165, 1.54) is 16.7 Å². The summed E-state index contributed by atoms with van der Waals surface area (Å²) >= 11 is 10.9. The van der Waals surface area contributed by atoms with Gasteiger partial charge in [0.05, 0.1) is 16.4 Å². The molecule has 2 aromatic rings. The van der Waals surface area contributed by atoms with Gasteiger partial charge in [-0.15, -0.1) is 0 Å². The van der Waals surface area contributed by atoms with Gasteiger partial charge in [0.2, 0.25) is 0 Å². The highest BCUT2D eigenvalue weighted by molar-refractivity contribution is 9.11. The Hall–Kier alpha value is -0.320. The van der Waals surface area contributed by atoms with Crippen LogP contribution < -0.4 is 4.74 Å². The molecule has 0 bridgehead atoms. The van der Waals surface area contributed by atoms with Crippen LogP contribution in [0, 0.1) is 6.92 Å². The quantitative estimate of drug-likeness (QED) is 0.522. The van der Waals surface area contributed by atoms with Crippen LogP contribution in [0.15, 0.2) is 45.3 Å². The van der Waals surface area contributed by atoms with Crippen LogP contribution in [0.5, 0.6) is 5.75 Å². The zero-order valence-electron chi connectivity index (χ0n) is 10.6. The summed E-state index contributed by atoms with van der Waals surface area (Å²) in [6.07, 6.45) is 0. The molecule has 1 nitrogen and oxygen atoms in total. The molecule has 1 atom stereocenters. The first kappa shape index (κ1) is 15.1. The normalized spacial score (nSPS) is 12.3. The molecule has 0 heterocycles. The van der Waals surface area contributed by atoms with Crippen LogP contribution >= 0.6 is 47.8 Å². The summed E-state index contributed by atoms with van der Waals surface area (Å²) in [5.74, 6) is 0.839. The van der Waals surface area contributed by atoms with Crippen molar-refractivity contribution in [1.29, 1.82) is 0 Å². The maximum Gasteiger partial charge on any atom is 0.133 e. The standard InChI is InChI=1S/C15H13Br3O/c1-9-3-5-11(12(16)7-9)15(18)10-4-6-14(19-2)13(17)8-10/h3-8,15H,1-2H3. The highest BCUT2D eigenvalue weighted by Crippen LogP contribution is 2.38. The van der Waals surface area contributed by atoms with Gasteiger partial charge < -0.3 is 4.74 Å². The lowest BCUT2D eigenvalue weighted by molar-refractivity contribution is 0.412. The summed E-state index contributed by atoms with van der Waals surface area (Å²) in [5.41, 5.74) is 3.63. The Bertz CT molecular complexity index is 596. The smallest absolute Gasteiger partial charge is 0.133 e. The minimum Gasteiger partial charge on any atom is -0.496 e. The second kappa shape index (κ2) is 6.42. The molecule has 0 aliphatic heterocycles. The number of benzene rings is 2. The van der Waals surface area contributed by atoms with Crippen LogP contribution in [0.2, 0.25) is 0 Å². The maximum absolute atomic E-state index is 5.25. The second-order valence-electron chi connectivity index (χ2n) is 4.28. The van der Waals surface area contributed by atoms with E-state index < -0.39 is 0 Å². The molecule has 100 valence electrons. The van der Waals surface area contributed by atoms with Crippen molar-refractivity contribution in [2.24, 2.45) is 0 Å². The van der Waals surface area contributed by atoms with Crippen molar-refractivity contribution in [3.05, 3.63) is 62.0 Å². The molecule has 0 saturated heterocycles. The molecule has 1 unspecified atom stereocenters. The predicted molar refractivity (Wildman–Crippen MR) is 90.3 cm³/mol. The third-order valence-corrected chi connectivity index (χ3v) is 5.23. The molecule has 0 aliphatic carbocycles. The molecule has 0 spiro atoms. The van der Waals surface area contributed by atoms with Gasteiger partial charge in [0.1, 0.15) is 5.75 Å².